The highest BCUT2D eigenvalue weighted by atomic mass is 16.6. The standard InChI is InChI=1S/C22H14O6/c23-14-18(24)17-11-12-19(27-21(25)15-7-3-1-4-8-15)20(13-17)28-22(26)16-9-5-2-6-10-16/h1-14H. The fourth-order valence-corrected chi connectivity index (χ4v) is 2.36. The SMILES string of the molecule is O=CC(=O)c1ccc(OC(=O)c2ccccc2)c(OC(=O)c2ccccc2)c1. The van der Waals surface area contributed by atoms with E-state index in [1.54, 1.807) is 60.7 Å². The van der Waals surface area contributed by atoms with Crippen LogP contribution in [0.15, 0.2) is 78.9 Å². The highest BCUT2D eigenvalue weighted by Crippen LogP contribution is 2.30. The number of esters is 2. The van der Waals surface area contributed by atoms with E-state index < -0.39 is 17.7 Å². The molecule has 138 valence electrons. The average Bonchev–Trinajstić information content (AvgIpc) is 2.75. The zero-order valence-corrected chi connectivity index (χ0v) is 14.5. The van der Waals surface area contributed by atoms with Crippen LogP contribution >= 0.6 is 0 Å². The van der Waals surface area contributed by atoms with Gasteiger partial charge in [0.2, 0.25) is 5.78 Å². The number of carbonyl (C=O) groups excluding carboxylic acids is 4. The van der Waals surface area contributed by atoms with Gasteiger partial charge in [-0.15, -0.1) is 0 Å². The molecule has 0 saturated heterocycles. The quantitative estimate of drug-likeness (QED) is 0.216. The average molecular weight is 374 g/mol. The second-order valence-electron chi connectivity index (χ2n) is 5.65. The van der Waals surface area contributed by atoms with E-state index in [0.717, 1.165) is 0 Å². The van der Waals surface area contributed by atoms with Crippen LogP contribution in [0.4, 0.5) is 0 Å². The Hall–Kier alpha value is -4.06. The molecule has 3 aromatic rings. The number of ether oxygens (including phenoxy) is 2. The van der Waals surface area contributed by atoms with Gasteiger partial charge in [-0.1, -0.05) is 36.4 Å². The summed E-state index contributed by atoms with van der Waals surface area (Å²) >= 11 is 0. The van der Waals surface area contributed by atoms with Crippen molar-refractivity contribution in [3.05, 3.63) is 95.6 Å². The van der Waals surface area contributed by atoms with Crippen LogP contribution in [0.1, 0.15) is 31.1 Å². The summed E-state index contributed by atoms with van der Waals surface area (Å²) in [6.07, 6.45) is 0.147. The monoisotopic (exact) mass is 374 g/mol. The first kappa shape index (κ1) is 18.7. The summed E-state index contributed by atoms with van der Waals surface area (Å²) in [5.74, 6) is -2.36. The Morgan fingerprint density at radius 2 is 1.11 bits per heavy atom. The van der Waals surface area contributed by atoms with Gasteiger partial charge in [-0.3, -0.25) is 9.59 Å². The summed E-state index contributed by atoms with van der Waals surface area (Å²) < 4.78 is 10.6. The topological polar surface area (TPSA) is 86.7 Å². The van der Waals surface area contributed by atoms with Crippen LogP contribution in [0.2, 0.25) is 0 Å². The van der Waals surface area contributed by atoms with Crippen LogP contribution in [0.3, 0.4) is 0 Å². The maximum absolute atomic E-state index is 12.4. The highest BCUT2D eigenvalue weighted by molar-refractivity contribution is 6.33. The van der Waals surface area contributed by atoms with Gasteiger partial charge in [-0.25, -0.2) is 9.59 Å². The van der Waals surface area contributed by atoms with Gasteiger partial charge in [0.15, 0.2) is 17.8 Å². The number of rotatable bonds is 6. The van der Waals surface area contributed by atoms with E-state index in [1.807, 2.05) is 0 Å². The molecule has 0 aliphatic heterocycles. The lowest BCUT2D eigenvalue weighted by Gasteiger charge is -2.11. The molecule has 0 radical (unpaired) electrons. The van der Waals surface area contributed by atoms with Crippen molar-refractivity contribution in [1.82, 2.24) is 0 Å². The van der Waals surface area contributed by atoms with Crippen molar-refractivity contribution in [2.75, 3.05) is 0 Å². The van der Waals surface area contributed by atoms with Crippen molar-refractivity contribution < 1.29 is 28.7 Å². The van der Waals surface area contributed by atoms with Gasteiger partial charge in [0.1, 0.15) is 0 Å². The molecule has 0 N–H and O–H groups in total. The number of aldehydes is 1. The Bertz CT molecular complexity index is 1030. The molecule has 6 heteroatoms. The maximum Gasteiger partial charge on any atom is 0.343 e. The Morgan fingerprint density at radius 3 is 1.61 bits per heavy atom. The molecule has 0 heterocycles. The summed E-state index contributed by atoms with van der Waals surface area (Å²) in [5, 5.41) is 0. The van der Waals surface area contributed by atoms with E-state index in [2.05, 4.69) is 0 Å². The van der Waals surface area contributed by atoms with E-state index in [1.165, 1.54) is 18.2 Å². The van der Waals surface area contributed by atoms with E-state index in [0.29, 0.717) is 5.56 Å². The highest BCUT2D eigenvalue weighted by Gasteiger charge is 2.18. The molecule has 0 amide bonds. The molecule has 0 aliphatic rings. The number of hydrogen-bond donors (Lipinski definition) is 0. The van der Waals surface area contributed by atoms with Crippen molar-refractivity contribution >= 4 is 24.0 Å². The fourth-order valence-electron chi connectivity index (χ4n) is 2.36. The third-order valence-electron chi connectivity index (χ3n) is 3.76. The third kappa shape index (κ3) is 4.37. The van der Waals surface area contributed by atoms with Gasteiger partial charge >= 0.3 is 11.9 Å². The number of ketones is 1. The number of carbonyl (C=O) groups is 4. The zero-order valence-electron chi connectivity index (χ0n) is 14.5. The van der Waals surface area contributed by atoms with Crippen LogP contribution in [-0.2, 0) is 4.79 Å². The summed E-state index contributed by atoms with van der Waals surface area (Å²) in [6.45, 7) is 0. The molecular weight excluding hydrogens is 360 g/mol. The first-order valence-electron chi connectivity index (χ1n) is 8.26. The molecule has 0 aliphatic carbocycles. The maximum atomic E-state index is 12.4. The van der Waals surface area contributed by atoms with Crippen molar-refractivity contribution in [2.45, 2.75) is 0 Å². The molecular formula is C22H14O6. The second kappa shape index (κ2) is 8.55. The molecule has 28 heavy (non-hydrogen) atoms. The molecule has 0 unspecified atom stereocenters. The van der Waals surface area contributed by atoms with Gasteiger partial charge in [-0.2, -0.15) is 0 Å². The summed E-state index contributed by atoms with van der Waals surface area (Å²) in [5.41, 5.74) is 0.580. The largest absolute Gasteiger partial charge is 0.419 e. The zero-order chi connectivity index (χ0) is 19.9. The molecule has 0 aromatic heterocycles. The third-order valence-corrected chi connectivity index (χ3v) is 3.76. The van der Waals surface area contributed by atoms with Crippen LogP contribution in [0, 0.1) is 0 Å². The first-order chi connectivity index (χ1) is 13.6. The normalized spacial score (nSPS) is 10.0. The van der Waals surface area contributed by atoms with Crippen LogP contribution in [0.5, 0.6) is 11.5 Å². The molecule has 0 saturated carbocycles. The summed E-state index contributed by atoms with van der Waals surface area (Å²) in [4.78, 5) is 47.1. The van der Waals surface area contributed by atoms with E-state index in [9.17, 15) is 19.2 Å². The lowest BCUT2D eigenvalue weighted by molar-refractivity contribution is -0.104. The van der Waals surface area contributed by atoms with Crippen molar-refractivity contribution in [1.29, 1.82) is 0 Å². The molecule has 3 rings (SSSR count). The lowest BCUT2D eigenvalue weighted by atomic mass is 10.1. The lowest BCUT2D eigenvalue weighted by Crippen LogP contribution is -2.13. The van der Waals surface area contributed by atoms with Crippen LogP contribution < -0.4 is 9.47 Å². The molecule has 6 nitrogen and oxygen atoms in total. The predicted octanol–water partition coefficient (Wildman–Crippen LogP) is 3.51. The van der Waals surface area contributed by atoms with Crippen LogP contribution in [-0.4, -0.2) is 24.0 Å². The summed E-state index contributed by atoms with van der Waals surface area (Å²) in [6, 6.07) is 20.2. The summed E-state index contributed by atoms with van der Waals surface area (Å²) in [7, 11) is 0. The minimum atomic E-state index is -0.794. The molecule has 0 fully saturated rings. The van der Waals surface area contributed by atoms with Crippen molar-refractivity contribution in [2.24, 2.45) is 0 Å². The van der Waals surface area contributed by atoms with E-state index in [4.69, 9.17) is 9.47 Å². The fraction of sp³-hybridized carbons (Fsp3) is 0. The van der Waals surface area contributed by atoms with Crippen LogP contribution in [0.25, 0.3) is 0 Å². The smallest absolute Gasteiger partial charge is 0.343 e. The molecule has 0 bridgehead atoms. The van der Waals surface area contributed by atoms with Gasteiger partial charge in [0.05, 0.1) is 11.1 Å². The Kier molecular flexibility index (Phi) is 5.72. The van der Waals surface area contributed by atoms with Gasteiger partial charge in [-0.05, 0) is 42.5 Å². The van der Waals surface area contributed by atoms with Crippen molar-refractivity contribution in [3.63, 3.8) is 0 Å². The number of Topliss-reactive ketones (excluding diaryl/α,β-unsaturated/α-hetero) is 1. The minimum absolute atomic E-state index is 0.00497. The van der Waals surface area contributed by atoms with Gasteiger partial charge in [0.25, 0.3) is 0 Å². The minimum Gasteiger partial charge on any atom is -0.419 e. The first-order valence-corrected chi connectivity index (χ1v) is 8.26. The molecule has 0 atom stereocenters. The molecule has 0 spiro atoms. The van der Waals surface area contributed by atoms with Gasteiger partial charge < -0.3 is 9.47 Å². The Morgan fingerprint density at radius 1 is 0.607 bits per heavy atom. The number of benzene rings is 3. The Labute approximate surface area is 160 Å². The van der Waals surface area contributed by atoms with E-state index >= 15 is 0 Å². The Balaban J connectivity index is 1.92. The van der Waals surface area contributed by atoms with E-state index in [-0.39, 0.29) is 28.9 Å². The second-order valence-corrected chi connectivity index (χ2v) is 5.65. The predicted molar refractivity (Wildman–Crippen MR) is 99.6 cm³/mol. The molecule has 3 aromatic carbocycles. The van der Waals surface area contributed by atoms with Crippen molar-refractivity contribution in [3.8, 4) is 11.5 Å². The van der Waals surface area contributed by atoms with Gasteiger partial charge in [0, 0.05) is 5.56 Å². The number of hydrogen-bond acceptors (Lipinski definition) is 6.